The lowest BCUT2D eigenvalue weighted by molar-refractivity contribution is 0.184. The van der Waals surface area contributed by atoms with Crippen molar-refractivity contribution < 1.29 is 4.74 Å². The molecule has 4 nitrogen and oxygen atoms in total. The number of guanidine groups is 1. The van der Waals surface area contributed by atoms with E-state index in [1.54, 1.807) is 25.5 Å². The van der Waals surface area contributed by atoms with Crippen LogP contribution in [0.1, 0.15) is 28.8 Å². The van der Waals surface area contributed by atoms with Crippen molar-refractivity contribution in [1.82, 2.24) is 10.6 Å². The summed E-state index contributed by atoms with van der Waals surface area (Å²) in [6.45, 7) is 4.44. The molecule has 1 atom stereocenters. The van der Waals surface area contributed by atoms with E-state index in [4.69, 9.17) is 4.74 Å². The SMILES string of the molecule is CN=C(NCc1ccccc1COC)NCC(C)c1cccs1.I. The Hall–Kier alpha value is -1.12. The van der Waals surface area contributed by atoms with Gasteiger partial charge >= 0.3 is 0 Å². The molecule has 0 saturated carbocycles. The number of ether oxygens (including phenoxy) is 1. The van der Waals surface area contributed by atoms with Gasteiger partial charge in [0.1, 0.15) is 0 Å². The molecular weight excluding hydrogens is 433 g/mol. The third kappa shape index (κ3) is 6.41. The van der Waals surface area contributed by atoms with Gasteiger partial charge in [0.2, 0.25) is 0 Å². The molecule has 0 amide bonds. The Bertz CT molecular complexity index is 616. The molecule has 0 saturated heterocycles. The number of rotatable bonds is 7. The lowest BCUT2D eigenvalue weighted by atomic mass is 10.1. The highest BCUT2D eigenvalue weighted by Gasteiger charge is 2.08. The highest BCUT2D eigenvalue weighted by atomic mass is 127. The first-order valence-electron chi connectivity index (χ1n) is 7.78. The number of nitrogens with one attached hydrogen (secondary N) is 2. The molecule has 1 unspecified atom stereocenters. The number of aliphatic imine (C=N–C) groups is 1. The van der Waals surface area contributed by atoms with Crippen LogP contribution in [0.4, 0.5) is 0 Å². The molecule has 0 aliphatic heterocycles. The smallest absolute Gasteiger partial charge is 0.191 e. The van der Waals surface area contributed by atoms with Crippen LogP contribution in [0.25, 0.3) is 0 Å². The first-order chi connectivity index (χ1) is 11.2. The van der Waals surface area contributed by atoms with Gasteiger partial charge in [-0.3, -0.25) is 4.99 Å². The van der Waals surface area contributed by atoms with Gasteiger partial charge in [0.05, 0.1) is 6.61 Å². The van der Waals surface area contributed by atoms with Crippen molar-refractivity contribution in [2.75, 3.05) is 20.7 Å². The molecule has 1 aromatic carbocycles. The summed E-state index contributed by atoms with van der Waals surface area (Å²) in [7, 11) is 3.52. The van der Waals surface area contributed by atoms with Crippen molar-refractivity contribution in [1.29, 1.82) is 0 Å². The predicted octanol–water partition coefficient (Wildman–Crippen LogP) is 3.98. The van der Waals surface area contributed by atoms with Crippen molar-refractivity contribution >= 4 is 41.3 Å². The Morgan fingerprint density at radius 3 is 2.54 bits per heavy atom. The zero-order valence-corrected chi connectivity index (χ0v) is 17.6. The van der Waals surface area contributed by atoms with Gasteiger partial charge in [0, 0.05) is 38.0 Å². The van der Waals surface area contributed by atoms with Gasteiger partial charge in [0.15, 0.2) is 5.96 Å². The van der Waals surface area contributed by atoms with Gasteiger partial charge < -0.3 is 15.4 Å². The predicted molar refractivity (Wildman–Crippen MR) is 114 cm³/mol. The van der Waals surface area contributed by atoms with E-state index >= 15 is 0 Å². The molecule has 0 radical (unpaired) electrons. The Morgan fingerprint density at radius 1 is 1.17 bits per heavy atom. The molecular formula is C18H26IN3OS. The molecule has 1 heterocycles. The Balaban J connectivity index is 0.00000288. The summed E-state index contributed by atoms with van der Waals surface area (Å²) in [5, 5.41) is 8.88. The lowest BCUT2D eigenvalue weighted by Crippen LogP contribution is -2.38. The summed E-state index contributed by atoms with van der Waals surface area (Å²) in [5.74, 6) is 1.29. The summed E-state index contributed by atoms with van der Waals surface area (Å²) in [5.41, 5.74) is 2.42. The number of nitrogens with zero attached hydrogens (tertiary/aromatic N) is 1. The molecule has 6 heteroatoms. The summed E-state index contributed by atoms with van der Waals surface area (Å²) < 4.78 is 5.25. The van der Waals surface area contributed by atoms with E-state index in [1.165, 1.54) is 16.0 Å². The fourth-order valence-electron chi connectivity index (χ4n) is 2.35. The number of hydrogen-bond acceptors (Lipinski definition) is 3. The molecule has 2 N–H and O–H groups in total. The van der Waals surface area contributed by atoms with Crippen LogP contribution < -0.4 is 10.6 Å². The first-order valence-corrected chi connectivity index (χ1v) is 8.66. The van der Waals surface area contributed by atoms with Crippen molar-refractivity contribution in [2.45, 2.75) is 26.0 Å². The second-order valence-electron chi connectivity index (χ2n) is 5.42. The van der Waals surface area contributed by atoms with Gasteiger partial charge in [0.25, 0.3) is 0 Å². The zero-order chi connectivity index (χ0) is 16.5. The molecule has 2 aromatic rings. The maximum Gasteiger partial charge on any atom is 0.191 e. The molecule has 0 aliphatic carbocycles. The first kappa shape index (κ1) is 20.9. The van der Waals surface area contributed by atoms with Crippen LogP contribution >= 0.6 is 35.3 Å². The van der Waals surface area contributed by atoms with Crippen molar-refractivity contribution in [3.8, 4) is 0 Å². The van der Waals surface area contributed by atoms with Crippen LogP contribution in [0.3, 0.4) is 0 Å². The van der Waals surface area contributed by atoms with E-state index in [0.29, 0.717) is 12.5 Å². The summed E-state index contributed by atoms with van der Waals surface area (Å²) in [6.07, 6.45) is 0. The van der Waals surface area contributed by atoms with Crippen molar-refractivity contribution in [2.24, 2.45) is 4.99 Å². The molecule has 132 valence electrons. The van der Waals surface area contributed by atoms with Crippen LogP contribution in [-0.2, 0) is 17.9 Å². The summed E-state index contributed by atoms with van der Waals surface area (Å²) >= 11 is 1.79. The molecule has 24 heavy (non-hydrogen) atoms. The van der Waals surface area contributed by atoms with Crippen LogP contribution in [0, 0.1) is 0 Å². The van der Waals surface area contributed by atoms with Crippen molar-refractivity contribution in [3.63, 3.8) is 0 Å². The highest BCUT2D eigenvalue weighted by Crippen LogP contribution is 2.19. The van der Waals surface area contributed by atoms with E-state index in [0.717, 1.165) is 19.0 Å². The molecule has 2 rings (SSSR count). The fraction of sp³-hybridized carbons (Fsp3) is 0.389. The topological polar surface area (TPSA) is 45.7 Å². The number of hydrogen-bond donors (Lipinski definition) is 2. The minimum atomic E-state index is 0. The third-order valence-electron chi connectivity index (χ3n) is 3.69. The van der Waals surface area contributed by atoms with E-state index in [9.17, 15) is 0 Å². The second kappa shape index (κ2) is 11.4. The minimum Gasteiger partial charge on any atom is -0.380 e. The van der Waals surface area contributed by atoms with Gasteiger partial charge in [-0.2, -0.15) is 0 Å². The monoisotopic (exact) mass is 459 g/mol. The maximum atomic E-state index is 5.25. The number of benzene rings is 1. The third-order valence-corrected chi connectivity index (χ3v) is 4.80. The number of methoxy groups -OCH3 is 1. The maximum absolute atomic E-state index is 5.25. The fourth-order valence-corrected chi connectivity index (χ4v) is 3.13. The largest absolute Gasteiger partial charge is 0.380 e. The highest BCUT2D eigenvalue weighted by molar-refractivity contribution is 14.0. The van der Waals surface area contributed by atoms with E-state index in [2.05, 4.69) is 52.2 Å². The molecule has 0 bridgehead atoms. The summed E-state index contributed by atoms with van der Waals surface area (Å²) in [6, 6.07) is 12.6. The van der Waals surface area contributed by atoms with Crippen LogP contribution in [0.15, 0.2) is 46.8 Å². The van der Waals surface area contributed by atoms with Gasteiger partial charge in [-0.15, -0.1) is 35.3 Å². The Kier molecular flexibility index (Phi) is 9.97. The molecule has 0 spiro atoms. The normalized spacial score (nSPS) is 12.4. The standard InChI is InChI=1S/C18H25N3OS.HI/c1-14(17-9-6-10-23-17)11-20-18(19-2)21-12-15-7-4-5-8-16(15)13-22-3;/h4-10,14H,11-13H2,1-3H3,(H2,19,20,21);1H. The van der Waals surface area contributed by atoms with Gasteiger partial charge in [-0.1, -0.05) is 37.3 Å². The van der Waals surface area contributed by atoms with E-state index < -0.39 is 0 Å². The number of thiophene rings is 1. The lowest BCUT2D eigenvalue weighted by Gasteiger charge is -2.16. The summed E-state index contributed by atoms with van der Waals surface area (Å²) in [4.78, 5) is 5.69. The van der Waals surface area contributed by atoms with Crippen LogP contribution in [-0.4, -0.2) is 26.7 Å². The second-order valence-corrected chi connectivity index (χ2v) is 6.40. The van der Waals surface area contributed by atoms with Crippen LogP contribution in [0.5, 0.6) is 0 Å². The zero-order valence-electron chi connectivity index (χ0n) is 14.4. The number of halogens is 1. The average Bonchev–Trinajstić information content (AvgIpc) is 3.11. The minimum absolute atomic E-state index is 0. The Labute approximate surface area is 165 Å². The Morgan fingerprint density at radius 2 is 1.92 bits per heavy atom. The van der Waals surface area contributed by atoms with Crippen molar-refractivity contribution in [3.05, 3.63) is 57.8 Å². The molecule has 1 aromatic heterocycles. The molecule has 0 fully saturated rings. The molecule has 0 aliphatic rings. The van der Waals surface area contributed by atoms with Gasteiger partial charge in [-0.05, 0) is 22.6 Å². The van der Waals surface area contributed by atoms with Gasteiger partial charge in [-0.25, -0.2) is 0 Å². The quantitative estimate of drug-likeness (QED) is 0.374. The average molecular weight is 459 g/mol. The van der Waals surface area contributed by atoms with E-state index in [-0.39, 0.29) is 24.0 Å². The van der Waals surface area contributed by atoms with Crippen LogP contribution in [0.2, 0.25) is 0 Å². The van der Waals surface area contributed by atoms with E-state index in [1.807, 2.05) is 12.1 Å².